The van der Waals surface area contributed by atoms with E-state index in [0.717, 1.165) is 41.4 Å². The lowest BCUT2D eigenvalue weighted by Gasteiger charge is -2.30. The molecule has 7 heteroatoms. The summed E-state index contributed by atoms with van der Waals surface area (Å²) in [5, 5.41) is 11.4. The van der Waals surface area contributed by atoms with Crippen LogP contribution < -0.4 is 10.2 Å². The average Bonchev–Trinajstić information content (AvgIpc) is 2.87. The molecule has 1 aliphatic rings. The Balaban J connectivity index is 1.86. The fourth-order valence-corrected chi connectivity index (χ4v) is 3.19. The third kappa shape index (κ3) is 2.97. The zero-order chi connectivity index (χ0) is 14.1. The number of piperazine rings is 1. The van der Waals surface area contributed by atoms with E-state index in [9.17, 15) is 0 Å². The lowest BCUT2D eigenvalue weighted by Crippen LogP contribution is -2.49. The zero-order valence-electron chi connectivity index (χ0n) is 11.0. The molecule has 106 valence electrons. The molecule has 3 rings (SSSR count). The van der Waals surface area contributed by atoms with Gasteiger partial charge in [-0.05, 0) is 25.1 Å². The summed E-state index contributed by atoms with van der Waals surface area (Å²) < 4.78 is 0.925. The number of nitrogens with one attached hydrogen (secondary N) is 2. The van der Waals surface area contributed by atoms with Crippen molar-refractivity contribution in [1.29, 1.82) is 0 Å². The molecule has 1 aromatic heterocycles. The lowest BCUT2D eigenvalue weighted by molar-refractivity contribution is 0.480. The van der Waals surface area contributed by atoms with E-state index in [0.29, 0.717) is 11.1 Å². The van der Waals surface area contributed by atoms with Gasteiger partial charge in [-0.2, -0.15) is 4.98 Å². The number of H-pyrrole nitrogens is 1. The van der Waals surface area contributed by atoms with Gasteiger partial charge >= 0.3 is 0 Å². The maximum atomic E-state index is 6.06. The van der Waals surface area contributed by atoms with E-state index >= 15 is 0 Å². The number of anilines is 1. The van der Waals surface area contributed by atoms with Crippen molar-refractivity contribution in [3.05, 3.63) is 27.7 Å². The van der Waals surface area contributed by atoms with Crippen LogP contribution in [0.4, 0.5) is 5.95 Å². The molecule has 0 saturated carbocycles. The second-order valence-corrected chi connectivity index (χ2v) is 6.30. The highest BCUT2D eigenvalue weighted by atomic mass is 79.9. The largest absolute Gasteiger partial charge is 0.337 e. The molecule has 1 atom stereocenters. The van der Waals surface area contributed by atoms with Gasteiger partial charge in [-0.15, -0.1) is 5.10 Å². The van der Waals surface area contributed by atoms with Gasteiger partial charge in [0.2, 0.25) is 5.95 Å². The van der Waals surface area contributed by atoms with E-state index in [1.165, 1.54) is 0 Å². The molecule has 0 amide bonds. The van der Waals surface area contributed by atoms with E-state index in [1.807, 2.05) is 18.2 Å². The summed E-state index contributed by atoms with van der Waals surface area (Å²) in [5.74, 6) is 1.47. The maximum absolute atomic E-state index is 6.06. The number of aromatic nitrogens is 3. The molecule has 1 saturated heterocycles. The van der Waals surface area contributed by atoms with Gasteiger partial charge in [-0.25, -0.2) is 0 Å². The molecule has 5 nitrogen and oxygen atoms in total. The summed E-state index contributed by atoms with van der Waals surface area (Å²) in [7, 11) is 0. The molecule has 1 aliphatic heterocycles. The minimum atomic E-state index is 0.450. The van der Waals surface area contributed by atoms with Crippen LogP contribution in [0.3, 0.4) is 0 Å². The number of aromatic amines is 1. The van der Waals surface area contributed by atoms with E-state index in [-0.39, 0.29) is 0 Å². The van der Waals surface area contributed by atoms with Crippen molar-refractivity contribution in [2.45, 2.75) is 13.0 Å². The SMILES string of the molecule is C[C@@H]1CN(c2n[nH]c(-c3cc(Cl)cc(Br)c3)n2)CCN1. The second-order valence-electron chi connectivity index (χ2n) is 4.94. The summed E-state index contributed by atoms with van der Waals surface area (Å²) in [6.07, 6.45) is 0. The van der Waals surface area contributed by atoms with Gasteiger partial charge in [0.15, 0.2) is 5.82 Å². The van der Waals surface area contributed by atoms with Crippen molar-refractivity contribution < 1.29 is 0 Å². The smallest absolute Gasteiger partial charge is 0.245 e. The summed E-state index contributed by atoms with van der Waals surface area (Å²) in [6, 6.07) is 6.14. The van der Waals surface area contributed by atoms with Crippen molar-refractivity contribution in [3.63, 3.8) is 0 Å². The number of hydrogen-bond donors (Lipinski definition) is 2. The Bertz CT molecular complexity index is 594. The van der Waals surface area contributed by atoms with Crippen molar-refractivity contribution in [3.8, 4) is 11.4 Å². The Morgan fingerprint density at radius 2 is 2.25 bits per heavy atom. The molecule has 0 bridgehead atoms. The third-order valence-electron chi connectivity index (χ3n) is 3.26. The fraction of sp³-hybridized carbons (Fsp3) is 0.385. The molecule has 20 heavy (non-hydrogen) atoms. The number of nitrogens with zero attached hydrogens (tertiary/aromatic N) is 3. The highest BCUT2D eigenvalue weighted by molar-refractivity contribution is 9.10. The Morgan fingerprint density at radius 1 is 1.40 bits per heavy atom. The first-order valence-electron chi connectivity index (χ1n) is 6.49. The van der Waals surface area contributed by atoms with Crippen LogP contribution in [0.25, 0.3) is 11.4 Å². The molecule has 0 aliphatic carbocycles. The van der Waals surface area contributed by atoms with Crippen molar-refractivity contribution in [2.24, 2.45) is 0 Å². The fourth-order valence-electron chi connectivity index (χ4n) is 2.33. The van der Waals surface area contributed by atoms with Crippen LogP contribution in [0, 0.1) is 0 Å². The number of halogens is 2. The highest BCUT2D eigenvalue weighted by Crippen LogP contribution is 2.26. The molecule has 0 spiro atoms. The van der Waals surface area contributed by atoms with E-state index < -0.39 is 0 Å². The van der Waals surface area contributed by atoms with Crippen LogP contribution in [0.15, 0.2) is 22.7 Å². The Labute approximate surface area is 130 Å². The summed E-state index contributed by atoms with van der Waals surface area (Å²) >= 11 is 9.50. The topological polar surface area (TPSA) is 56.8 Å². The number of rotatable bonds is 2. The van der Waals surface area contributed by atoms with E-state index in [2.05, 4.69) is 48.3 Å². The highest BCUT2D eigenvalue weighted by Gasteiger charge is 2.19. The zero-order valence-corrected chi connectivity index (χ0v) is 13.4. The molecule has 1 aromatic carbocycles. The third-order valence-corrected chi connectivity index (χ3v) is 3.94. The molecule has 0 radical (unpaired) electrons. The van der Waals surface area contributed by atoms with Crippen LogP contribution in [0.2, 0.25) is 5.02 Å². The van der Waals surface area contributed by atoms with Crippen molar-refractivity contribution in [2.75, 3.05) is 24.5 Å². The van der Waals surface area contributed by atoms with Gasteiger partial charge in [-0.3, -0.25) is 5.10 Å². The minimum absolute atomic E-state index is 0.450. The Morgan fingerprint density at radius 3 is 3.00 bits per heavy atom. The molecule has 0 unspecified atom stereocenters. The molecule has 2 N–H and O–H groups in total. The number of hydrogen-bond acceptors (Lipinski definition) is 4. The molecular formula is C13H15BrClN5. The predicted molar refractivity (Wildman–Crippen MR) is 84.2 cm³/mol. The van der Waals surface area contributed by atoms with Gasteiger partial charge in [0.1, 0.15) is 0 Å². The van der Waals surface area contributed by atoms with Gasteiger partial charge in [0.05, 0.1) is 0 Å². The normalized spacial score (nSPS) is 19.4. The standard InChI is InChI=1S/C13H15BrClN5/c1-8-7-20(3-2-16-8)13-17-12(18-19-13)9-4-10(14)6-11(15)5-9/h4-6,8,16H,2-3,7H2,1H3,(H,17,18,19)/t8-/m1/s1. The van der Waals surface area contributed by atoms with Gasteiger partial charge in [0.25, 0.3) is 0 Å². The Hall–Kier alpha value is -1.11. The van der Waals surface area contributed by atoms with E-state index in [4.69, 9.17) is 11.6 Å². The predicted octanol–water partition coefficient (Wildman–Crippen LogP) is 2.69. The lowest BCUT2D eigenvalue weighted by atomic mass is 10.2. The molecule has 2 aromatic rings. The van der Waals surface area contributed by atoms with E-state index in [1.54, 1.807) is 0 Å². The van der Waals surface area contributed by atoms with Crippen LogP contribution >= 0.6 is 27.5 Å². The van der Waals surface area contributed by atoms with Gasteiger partial charge in [-0.1, -0.05) is 27.5 Å². The van der Waals surface area contributed by atoms with Gasteiger partial charge < -0.3 is 10.2 Å². The maximum Gasteiger partial charge on any atom is 0.245 e. The molecule has 1 fully saturated rings. The van der Waals surface area contributed by atoms with Crippen LogP contribution in [-0.4, -0.2) is 40.9 Å². The summed E-state index contributed by atoms with van der Waals surface area (Å²) in [6.45, 7) is 4.94. The van der Waals surface area contributed by atoms with Crippen molar-refractivity contribution >= 4 is 33.5 Å². The van der Waals surface area contributed by atoms with Crippen molar-refractivity contribution in [1.82, 2.24) is 20.5 Å². The molecular weight excluding hydrogens is 342 g/mol. The van der Waals surface area contributed by atoms with Crippen LogP contribution in [0.1, 0.15) is 6.92 Å². The van der Waals surface area contributed by atoms with Crippen LogP contribution in [0.5, 0.6) is 0 Å². The number of benzene rings is 1. The quantitative estimate of drug-likeness (QED) is 0.868. The summed E-state index contributed by atoms with van der Waals surface area (Å²) in [4.78, 5) is 6.75. The first-order chi connectivity index (χ1) is 9.61. The first-order valence-corrected chi connectivity index (χ1v) is 7.66. The second kappa shape index (κ2) is 5.71. The molecule has 2 heterocycles. The first kappa shape index (κ1) is 13.9. The Kier molecular flexibility index (Phi) is 3.96. The van der Waals surface area contributed by atoms with Gasteiger partial charge in [0, 0.05) is 40.7 Å². The average molecular weight is 357 g/mol. The minimum Gasteiger partial charge on any atom is -0.337 e. The van der Waals surface area contributed by atoms with Crippen LogP contribution in [-0.2, 0) is 0 Å². The summed E-state index contributed by atoms with van der Waals surface area (Å²) in [5.41, 5.74) is 0.923. The monoisotopic (exact) mass is 355 g/mol.